The highest BCUT2D eigenvalue weighted by Gasteiger charge is 2.02. The maximum absolute atomic E-state index is 11.3. The molecule has 0 saturated carbocycles. The van der Waals surface area contributed by atoms with Crippen LogP contribution in [0.15, 0.2) is 43.0 Å². The zero-order valence-electron chi connectivity index (χ0n) is 11.1. The number of hydrogen-bond donors (Lipinski definition) is 0. The first-order valence-electron chi connectivity index (χ1n) is 6.47. The highest BCUT2D eigenvalue weighted by atomic mass is 16.5. The number of aryl methyl sites for hydroxylation is 1. The van der Waals surface area contributed by atoms with Crippen LogP contribution in [0.4, 0.5) is 0 Å². The average molecular weight is 258 g/mol. The molecule has 0 bridgehead atoms. The van der Waals surface area contributed by atoms with E-state index in [0.29, 0.717) is 13.0 Å². The number of rotatable bonds is 6. The fourth-order valence-corrected chi connectivity index (χ4v) is 1.88. The number of imidazole rings is 1. The van der Waals surface area contributed by atoms with Crippen LogP contribution in [-0.4, -0.2) is 22.1 Å². The van der Waals surface area contributed by atoms with Gasteiger partial charge >= 0.3 is 5.97 Å². The lowest BCUT2D eigenvalue weighted by atomic mass is 10.1. The highest BCUT2D eigenvalue weighted by Crippen LogP contribution is 2.08. The number of hydrogen-bond acceptors (Lipinski definition) is 3. The lowest BCUT2D eigenvalue weighted by Gasteiger charge is -2.05. The molecule has 0 amide bonds. The molecule has 0 atom stereocenters. The van der Waals surface area contributed by atoms with Crippen molar-refractivity contribution in [3.8, 4) is 0 Å². The fraction of sp³-hybridized carbons (Fsp3) is 0.333. The predicted molar refractivity (Wildman–Crippen MR) is 72.7 cm³/mol. The van der Waals surface area contributed by atoms with E-state index in [1.165, 1.54) is 5.56 Å². The summed E-state index contributed by atoms with van der Waals surface area (Å²) in [5.74, 6) is -0.134. The number of carbonyl (C=O) groups is 1. The van der Waals surface area contributed by atoms with Gasteiger partial charge in [-0.15, -0.1) is 0 Å². The van der Waals surface area contributed by atoms with Gasteiger partial charge in [-0.05, 0) is 24.5 Å². The lowest BCUT2D eigenvalue weighted by Crippen LogP contribution is -2.05. The van der Waals surface area contributed by atoms with Crippen molar-refractivity contribution in [1.82, 2.24) is 9.55 Å². The van der Waals surface area contributed by atoms with Gasteiger partial charge in [-0.2, -0.15) is 0 Å². The first-order valence-corrected chi connectivity index (χ1v) is 6.47. The second-order valence-corrected chi connectivity index (χ2v) is 4.36. The Kier molecular flexibility index (Phi) is 4.72. The van der Waals surface area contributed by atoms with Crippen LogP contribution in [0, 0.1) is 0 Å². The quantitative estimate of drug-likeness (QED) is 0.747. The third-order valence-electron chi connectivity index (χ3n) is 2.87. The van der Waals surface area contributed by atoms with Crippen LogP contribution in [0.1, 0.15) is 24.5 Å². The van der Waals surface area contributed by atoms with E-state index in [0.717, 1.165) is 18.5 Å². The third-order valence-corrected chi connectivity index (χ3v) is 2.87. The molecule has 100 valence electrons. The molecule has 4 nitrogen and oxygen atoms in total. The standard InChI is InChI=1S/C15H18N2O2/c1-2-19-15(18)8-7-13-3-5-14(6-4-13)11-17-10-9-16-12-17/h3-6,9-10,12H,2,7-8,11H2,1H3. The van der Waals surface area contributed by atoms with Crippen LogP contribution >= 0.6 is 0 Å². The third kappa shape index (κ3) is 4.25. The van der Waals surface area contributed by atoms with Crippen LogP contribution in [0.3, 0.4) is 0 Å². The molecule has 0 unspecified atom stereocenters. The molecule has 0 aliphatic rings. The predicted octanol–water partition coefficient (Wildman–Crippen LogP) is 2.43. The van der Waals surface area contributed by atoms with Crippen LogP contribution in [0.5, 0.6) is 0 Å². The van der Waals surface area contributed by atoms with Crippen molar-refractivity contribution < 1.29 is 9.53 Å². The molecule has 0 radical (unpaired) electrons. The number of ether oxygens (including phenoxy) is 1. The summed E-state index contributed by atoms with van der Waals surface area (Å²) in [6.07, 6.45) is 6.68. The van der Waals surface area contributed by atoms with Gasteiger partial charge in [-0.3, -0.25) is 4.79 Å². The highest BCUT2D eigenvalue weighted by molar-refractivity contribution is 5.69. The first-order chi connectivity index (χ1) is 9.28. The van der Waals surface area contributed by atoms with Gasteiger partial charge in [0, 0.05) is 25.4 Å². The van der Waals surface area contributed by atoms with Crippen molar-refractivity contribution in [1.29, 1.82) is 0 Å². The van der Waals surface area contributed by atoms with Crippen molar-refractivity contribution in [3.63, 3.8) is 0 Å². The molecule has 1 heterocycles. The summed E-state index contributed by atoms with van der Waals surface area (Å²) in [6.45, 7) is 3.09. The number of carbonyl (C=O) groups excluding carboxylic acids is 1. The first kappa shape index (κ1) is 13.3. The fourth-order valence-electron chi connectivity index (χ4n) is 1.88. The van der Waals surface area contributed by atoms with Crippen LogP contribution < -0.4 is 0 Å². The Bertz CT molecular complexity index is 503. The monoisotopic (exact) mass is 258 g/mol. The molecule has 1 aromatic heterocycles. The van der Waals surface area contributed by atoms with Crippen molar-refractivity contribution in [3.05, 3.63) is 54.1 Å². The number of nitrogens with zero attached hydrogens (tertiary/aromatic N) is 2. The molecule has 0 saturated heterocycles. The topological polar surface area (TPSA) is 44.1 Å². The Morgan fingerprint density at radius 1 is 1.26 bits per heavy atom. The smallest absolute Gasteiger partial charge is 0.306 e. The van der Waals surface area contributed by atoms with Gasteiger partial charge in [0.15, 0.2) is 0 Å². The van der Waals surface area contributed by atoms with E-state index in [-0.39, 0.29) is 5.97 Å². The maximum Gasteiger partial charge on any atom is 0.306 e. The van der Waals surface area contributed by atoms with Crippen LogP contribution in [0.25, 0.3) is 0 Å². The molecular weight excluding hydrogens is 240 g/mol. The molecule has 4 heteroatoms. The molecule has 1 aromatic carbocycles. The zero-order valence-corrected chi connectivity index (χ0v) is 11.1. The Balaban J connectivity index is 1.86. The lowest BCUT2D eigenvalue weighted by molar-refractivity contribution is -0.143. The van der Waals surface area contributed by atoms with Gasteiger partial charge < -0.3 is 9.30 Å². The Labute approximate surface area is 113 Å². The van der Waals surface area contributed by atoms with E-state index in [1.54, 1.807) is 12.5 Å². The molecule has 0 aliphatic heterocycles. The van der Waals surface area contributed by atoms with Gasteiger partial charge in [0.25, 0.3) is 0 Å². The minimum atomic E-state index is -0.134. The Hall–Kier alpha value is -2.10. The van der Waals surface area contributed by atoms with Crippen LogP contribution in [-0.2, 0) is 22.5 Å². The van der Waals surface area contributed by atoms with Gasteiger partial charge in [-0.1, -0.05) is 24.3 Å². The van der Waals surface area contributed by atoms with Crippen molar-refractivity contribution >= 4 is 5.97 Å². The van der Waals surface area contributed by atoms with Crippen LogP contribution in [0.2, 0.25) is 0 Å². The van der Waals surface area contributed by atoms with Gasteiger partial charge in [0.05, 0.1) is 12.9 Å². The van der Waals surface area contributed by atoms with E-state index in [2.05, 4.69) is 29.2 Å². The minimum Gasteiger partial charge on any atom is -0.466 e. The molecule has 0 spiro atoms. The minimum absolute atomic E-state index is 0.134. The summed E-state index contributed by atoms with van der Waals surface area (Å²) in [5, 5.41) is 0. The normalized spacial score (nSPS) is 10.4. The molecular formula is C15H18N2O2. The number of esters is 1. The van der Waals surface area contributed by atoms with E-state index in [9.17, 15) is 4.79 Å². The Morgan fingerprint density at radius 2 is 2.00 bits per heavy atom. The van der Waals surface area contributed by atoms with E-state index in [4.69, 9.17) is 4.74 Å². The van der Waals surface area contributed by atoms with Gasteiger partial charge in [-0.25, -0.2) is 4.98 Å². The summed E-state index contributed by atoms with van der Waals surface area (Å²) in [4.78, 5) is 15.3. The van der Waals surface area contributed by atoms with E-state index in [1.807, 2.05) is 17.7 Å². The number of benzene rings is 1. The molecule has 0 aliphatic carbocycles. The molecule has 2 rings (SSSR count). The summed E-state index contributed by atoms with van der Waals surface area (Å²) in [5.41, 5.74) is 2.38. The summed E-state index contributed by atoms with van der Waals surface area (Å²) in [6, 6.07) is 8.29. The molecule has 2 aromatic rings. The second kappa shape index (κ2) is 6.73. The van der Waals surface area contributed by atoms with Crippen molar-refractivity contribution in [2.24, 2.45) is 0 Å². The van der Waals surface area contributed by atoms with E-state index >= 15 is 0 Å². The summed E-state index contributed by atoms with van der Waals surface area (Å²) < 4.78 is 6.93. The van der Waals surface area contributed by atoms with Crippen molar-refractivity contribution in [2.45, 2.75) is 26.3 Å². The molecule has 0 N–H and O–H groups in total. The van der Waals surface area contributed by atoms with E-state index < -0.39 is 0 Å². The number of aromatic nitrogens is 2. The largest absolute Gasteiger partial charge is 0.466 e. The summed E-state index contributed by atoms with van der Waals surface area (Å²) >= 11 is 0. The second-order valence-electron chi connectivity index (χ2n) is 4.36. The Morgan fingerprint density at radius 3 is 2.63 bits per heavy atom. The molecule has 19 heavy (non-hydrogen) atoms. The van der Waals surface area contributed by atoms with Crippen molar-refractivity contribution in [2.75, 3.05) is 6.61 Å². The average Bonchev–Trinajstić information content (AvgIpc) is 2.91. The zero-order chi connectivity index (χ0) is 13.5. The van der Waals surface area contributed by atoms with Gasteiger partial charge in [0.1, 0.15) is 0 Å². The SMILES string of the molecule is CCOC(=O)CCc1ccc(Cn2ccnc2)cc1. The van der Waals surface area contributed by atoms with Gasteiger partial charge in [0.2, 0.25) is 0 Å². The molecule has 0 fully saturated rings. The maximum atomic E-state index is 11.3. The summed E-state index contributed by atoms with van der Waals surface area (Å²) in [7, 11) is 0.